The van der Waals surface area contributed by atoms with Crippen molar-refractivity contribution in [3.63, 3.8) is 0 Å². The van der Waals surface area contributed by atoms with Gasteiger partial charge < -0.3 is 5.32 Å². The maximum atomic E-state index is 3.51. The summed E-state index contributed by atoms with van der Waals surface area (Å²) in [7, 11) is 0. The van der Waals surface area contributed by atoms with E-state index in [1.165, 1.54) is 29.7 Å². The molecule has 0 aliphatic carbocycles. The zero-order valence-corrected chi connectivity index (χ0v) is 9.72. The Kier molecular flexibility index (Phi) is 3.99. The summed E-state index contributed by atoms with van der Waals surface area (Å²) in [6.45, 7) is 8.76. The lowest BCUT2D eigenvalue weighted by atomic mass is 10.1. The molecule has 0 heterocycles. The van der Waals surface area contributed by atoms with E-state index in [0.29, 0.717) is 6.04 Å². The molecule has 1 nitrogen and oxygen atoms in total. The van der Waals surface area contributed by atoms with Crippen LogP contribution in [0.3, 0.4) is 0 Å². The van der Waals surface area contributed by atoms with E-state index in [1.807, 2.05) is 0 Å². The average molecular weight is 191 g/mol. The van der Waals surface area contributed by atoms with Crippen molar-refractivity contribution < 1.29 is 0 Å². The Hall–Kier alpha value is -0.980. The summed E-state index contributed by atoms with van der Waals surface area (Å²) >= 11 is 0. The number of nitrogens with one attached hydrogen (secondary N) is 1. The van der Waals surface area contributed by atoms with Gasteiger partial charge in [-0.3, -0.25) is 0 Å². The third-order valence-corrected chi connectivity index (χ3v) is 2.64. The van der Waals surface area contributed by atoms with Gasteiger partial charge in [-0.2, -0.15) is 0 Å². The Morgan fingerprint density at radius 1 is 1.21 bits per heavy atom. The van der Waals surface area contributed by atoms with Crippen molar-refractivity contribution in [3.8, 4) is 0 Å². The molecule has 1 rings (SSSR count). The summed E-state index contributed by atoms with van der Waals surface area (Å²) in [5.74, 6) is 0. The van der Waals surface area contributed by atoms with Crippen LogP contribution in [-0.4, -0.2) is 6.04 Å². The molecule has 1 aromatic carbocycles. The van der Waals surface area contributed by atoms with Crippen molar-refractivity contribution in [3.05, 3.63) is 29.3 Å². The van der Waals surface area contributed by atoms with Crippen LogP contribution in [0.15, 0.2) is 18.2 Å². The second-order valence-electron chi connectivity index (χ2n) is 4.13. The topological polar surface area (TPSA) is 12.0 Å². The SMILES string of the molecule is CCC[C@@H](C)Nc1ccc(C)c(C)c1. The zero-order valence-electron chi connectivity index (χ0n) is 9.72. The molecule has 1 heteroatoms. The number of hydrogen-bond donors (Lipinski definition) is 1. The molecule has 1 aromatic rings. The predicted molar refractivity (Wildman–Crippen MR) is 63.9 cm³/mol. The quantitative estimate of drug-likeness (QED) is 0.761. The molecular weight excluding hydrogens is 170 g/mol. The van der Waals surface area contributed by atoms with E-state index in [-0.39, 0.29) is 0 Å². The van der Waals surface area contributed by atoms with Gasteiger partial charge in [0.25, 0.3) is 0 Å². The summed E-state index contributed by atoms with van der Waals surface area (Å²) in [5, 5.41) is 3.51. The van der Waals surface area contributed by atoms with E-state index in [2.05, 4.69) is 51.2 Å². The molecule has 0 saturated carbocycles. The molecule has 0 unspecified atom stereocenters. The van der Waals surface area contributed by atoms with Crippen LogP contribution >= 0.6 is 0 Å². The van der Waals surface area contributed by atoms with Gasteiger partial charge in [-0.1, -0.05) is 19.4 Å². The first-order valence-electron chi connectivity index (χ1n) is 5.47. The van der Waals surface area contributed by atoms with Crippen LogP contribution in [0.2, 0.25) is 0 Å². The molecule has 0 radical (unpaired) electrons. The van der Waals surface area contributed by atoms with Crippen molar-refractivity contribution in [1.82, 2.24) is 0 Å². The Balaban J connectivity index is 2.63. The highest BCUT2D eigenvalue weighted by Gasteiger charge is 2.01. The summed E-state index contributed by atoms with van der Waals surface area (Å²) in [6, 6.07) is 7.13. The van der Waals surface area contributed by atoms with Crippen LogP contribution in [0.1, 0.15) is 37.8 Å². The minimum absolute atomic E-state index is 0.571. The Morgan fingerprint density at radius 3 is 2.50 bits per heavy atom. The van der Waals surface area contributed by atoms with Crippen molar-refractivity contribution >= 4 is 5.69 Å². The average Bonchev–Trinajstić information content (AvgIpc) is 2.12. The lowest BCUT2D eigenvalue weighted by Crippen LogP contribution is -2.14. The number of rotatable bonds is 4. The fourth-order valence-corrected chi connectivity index (χ4v) is 1.62. The van der Waals surface area contributed by atoms with Crippen LogP contribution in [0.4, 0.5) is 5.69 Å². The van der Waals surface area contributed by atoms with Gasteiger partial charge >= 0.3 is 0 Å². The molecule has 0 aliphatic rings. The molecule has 0 aromatic heterocycles. The monoisotopic (exact) mass is 191 g/mol. The fourth-order valence-electron chi connectivity index (χ4n) is 1.62. The van der Waals surface area contributed by atoms with Crippen LogP contribution in [0.5, 0.6) is 0 Å². The first kappa shape index (κ1) is 11.1. The van der Waals surface area contributed by atoms with Crippen molar-refractivity contribution in [1.29, 1.82) is 0 Å². The molecule has 0 fully saturated rings. The smallest absolute Gasteiger partial charge is 0.0345 e. The van der Waals surface area contributed by atoms with Gasteiger partial charge in [0.05, 0.1) is 0 Å². The molecule has 14 heavy (non-hydrogen) atoms. The van der Waals surface area contributed by atoms with E-state index in [9.17, 15) is 0 Å². The second-order valence-corrected chi connectivity index (χ2v) is 4.13. The van der Waals surface area contributed by atoms with E-state index < -0.39 is 0 Å². The van der Waals surface area contributed by atoms with Gasteiger partial charge in [-0.05, 0) is 50.5 Å². The highest BCUT2D eigenvalue weighted by atomic mass is 14.9. The molecule has 0 amide bonds. The Morgan fingerprint density at radius 2 is 1.93 bits per heavy atom. The summed E-state index contributed by atoms with van der Waals surface area (Å²) in [4.78, 5) is 0. The number of aryl methyl sites for hydroxylation is 2. The van der Waals surface area contributed by atoms with E-state index >= 15 is 0 Å². The van der Waals surface area contributed by atoms with Crippen molar-refractivity contribution in [2.45, 2.75) is 46.6 Å². The first-order chi connectivity index (χ1) is 6.63. The van der Waals surface area contributed by atoms with Gasteiger partial charge in [0.15, 0.2) is 0 Å². The van der Waals surface area contributed by atoms with Crippen LogP contribution in [0.25, 0.3) is 0 Å². The van der Waals surface area contributed by atoms with E-state index in [0.717, 1.165) is 0 Å². The maximum absolute atomic E-state index is 3.51. The molecule has 0 bridgehead atoms. The minimum atomic E-state index is 0.571. The number of hydrogen-bond acceptors (Lipinski definition) is 1. The second kappa shape index (κ2) is 5.04. The summed E-state index contributed by atoms with van der Waals surface area (Å²) in [5.41, 5.74) is 3.96. The standard InChI is InChI=1S/C13H21N/c1-5-6-12(4)14-13-8-7-10(2)11(3)9-13/h7-9,12,14H,5-6H2,1-4H3/t12-/m1/s1. The van der Waals surface area contributed by atoms with Crippen LogP contribution in [-0.2, 0) is 0 Å². The lowest BCUT2D eigenvalue weighted by Gasteiger charge is -2.15. The third-order valence-electron chi connectivity index (χ3n) is 2.64. The number of anilines is 1. The van der Waals surface area contributed by atoms with Crippen molar-refractivity contribution in [2.24, 2.45) is 0 Å². The Bertz CT molecular complexity index is 291. The minimum Gasteiger partial charge on any atom is -0.383 e. The summed E-state index contributed by atoms with van der Waals surface area (Å²) < 4.78 is 0. The van der Waals surface area contributed by atoms with Gasteiger partial charge in [-0.25, -0.2) is 0 Å². The predicted octanol–water partition coefficient (Wildman–Crippen LogP) is 3.90. The molecule has 78 valence electrons. The van der Waals surface area contributed by atoms with Crippen LogP contribution < -0.4 is 5.32 Å². The zero-order chi connectivity index (χ0) is 10.6. The molecule has 1 N–H and O–H groups in total. The maximum Gasteiger partial charge on any atom is 0.0345 e. The highest BCUT2D eigenvalue weighted by Crippen LogP contribution is 2.15. The van der Waals surface area contributed by atoms with E-state index in [4.69, 9.17) is 0 Å². The van der Waals surface area contributed by atoms with Gasteiger partial charge in [0.2, 0.25) is 0 Å². The molecular formula is C13H21N. The summed E-state index contributed by atoms with van der Waals surface area (Å²) in [6.07, 6.45) is 2.46. The van der Waals surface area contributed by atoms with Gasteiger partial charge in [0, 0.05) is 11.7 Å². The molecule has 0 spiro atoms. The van der Waals surface area contributed by atoms with Gasteiger partial charge in [-0.15, -0.1) is 0 Å². The normalized spacial score (nSPS) is 12.6. The number of benzene rings is 1. The fraction of sp³-hybridized carbons (Fsp3) is 0.538. The van der Waals surface area contributed by atoms with Crippen LogP contribution in [0, 0.1) is 13.8 Å². The van der Waals surface area contributed by atoms with Crippen molar-refractivity contribution in [2.75, 3.05) is 5.32 Å². The van der Waals surface area contributed by atoms with E-state index in [1.54, 1.807) is 0 Å². The first-order valence-corrected chi connectivity index (χ1v) is 5.47. The molecule has 0 saturated heterocycles. The van der Waals surface area contributed by atoms with Gasteiger partial charge in [0.1, 0.15) is 0 Å². The third kappa shape index (κ3) is 3.06. The lowest BCUT2D eigenvalue weighted by molar-refractivity contribution is 0.690. The largest absolute Gasteiger partial charge is 0.383 e. The molecule has 0 aliphatic heterocycles. The Labute approximate surface area is 87.5 Å². The molecule has 1 atom stereocenters. The highest BCUT2D eigenvalue weighted by molar-refractivity contribution is 5.48.